The average molecular weight is 280 g/mol. The Balaban J connectivity index is 1.79. The molecule has 1 aliphatic carbocycles. The third-order valence-corrected chi connectivity index (χ3v) is 4.54. The molecule has 21 heavy (non-hydrogen) atoms. The Hall–Kier alpha value is -1.94. The van der Waals surface area contributed by atoms with E-state index < -0.39 is 0 Å². The molecular formula is C17H20N4. The fraction of sp³-hybridized carbons (Fsp3) is 0.412. The molecule has 2 aromatic rings. The van der Waals surface area contributed by atoms with Gasteiger partial charge in [0.25, 0.3) is 0 Å². The minimum absolute atomic E-state index is 0.874. The number of rotatable bonds is 1. The molecule has 0 amide bonds. The lowest BCUT2D eigenvalue weighted by atomic mass is 10.1. The quantitative estimate of drug-likeness (QED) is 0.683. The molecule has 4 nitrogen and oxygen atoms in total. The van der Waals surface area contributed by atoms with Gasteiger partial charge in [0.2, 0.25) is 0 Å². The van der Waals surface area contributed by atoms with Gasteiger partial charge in [0.05, 0.1) is 5.69 Å². The lowest BCUT2D eigenvalue weighted by Gasteiger charge is -2.34. The summed E-state index contributed by atoms with van der Waals surface area (Å²) >= 11 is 0. The van der Waals surface area contributed by atoms with Gasteiger partial charge in [0, 0.05) is 43.7 Å². The van der Waals surface area contributed by atoms with Gasteiger partial charge in [-0.05, 0) is 19.5 Å². The predicted octanol–water partition coefficient (Wildman–Crippen LogP) is 2.11. The highest BCUT2D eigenvalue weighted by molar-refractivity contribution is 5.78. The molecule has 4 rings (SSSR count). The largest absolute Gasteiger partial charge is 0.354 e. The van der Waals surface area contributed by atoms with Crippen molar-refractivity contribution in [2.45, 2.75) is 13.3 Å². The van der Waals surface area contributed by atoms with Crippen LogP contribution in [0.4, 0.5) is 5.82 Å². The van der Waals surface area contributed by atoms with E-state index in [0.717, 1.165) is 49.9 Å². The SMILES string of the molecule is Cc1nc2c(c(N3CCN(C)CC3)n1)Cc1ccccc1-2. The summed E-state index contributed by atoms with van der Waals surface area (Å²) < 4.78 is 0. The monoisotopic (exact) mass is 280 g/mol. The van der Waals surface area contributed by atoms with Crippen LogP contribution in [0, 0.1) is 6.92 Å². The van der Waals surface area contributed by atoms with Crippen molar-refractivity contribution in [1.82, 2.24) is 14.9 Å². The molecule has 2 aliphatic rings. The van der Waals surface area contributed by atoms with Crippen LogP contribution in [0.5, 0.6) is 0 Å². The Morgan fingerprint density at radius 1 is 1.00 bits per heavy atom. The molecule has 0 radical (unpaired) electrons. The normalized spacial score (nSPS) is 17.7. The van der Waals surface area contributed by atoms with E-state index in [1.165, 1.54) is 16.7 Å². The van der Waals surface area contributed by atoms with Crippen LogP contribution in [-0.2, 0) is 6.42 Å². The summed E-state index contributed by atoms with van der Waals surface area (Å²) in [5.74, 6) is 2.03. The number of hydrogen-bond acceptors (Lipinski definition) is 4. The summed E-state index contributed by atoms with van der Waals surface area (Å²) in [5.41, 5.74) is 5.12. The first-order chi connectivity index (χ1) is 10.2. The van der Waals surface area contributed by atoms with Crippen molar-refractivity contribution in [1.29, 1.82) is 0 Å². The standard InChI is InChI=1S/C17H20N4/c1-12-18-16-14-6-4-3-5-13(14)11-15(16)17(19-12)21-9-7-20(2)8-10-21/h3-6H,7-11H2,1-2H3. The van der Waals surface area contributed by atoms with Crippen molar-refractivity contribution in [3.63, 3.8) is 0 Å². The number of benzene rings is 1. The first-order valence-corrected chi connectivity index (χ1v) is 7.61. The van der Waals surface area contributed by atoms with Gasteiger partial charge in [0.1, 0.15) is 11.6 Å². The van der Waals surface area contributed by atoms with Crippen LogP contribution in [0.3, 0.4) is 0 Å². The van der Waals surface area contributed by atoms with Crippen LogP contribution < -0.4 is 4.90 Å². The van der Waals surface area contributed by atoms with Crippen molar-refractivity contribution < 1.29 is 0 Å². The topological polar surface area (TPSA) is 32.3 Å². The van der Waals surface area contributed by atoms with Gasteiger partial charge < -0.3 is 9.80 Å². The molecule has 0 bridgehead atoms. The molecule has 0 atom stereocenters. The van der Waals surface area contributed by atoms with Crippen LogP contribution in [0.25, 0.3) is 11.3 Å². The fourth-order valence-electron chi connectivity index (χ4n) is 3.34. The Morgan fingerprint density at radius 3 is 2.57 bits per heavy atom. The number of nitrogens with zero attached hydrogens (tertiary/aromatic N) is 4. The molecule has 1 aromatic heterocycles. The molecule has 1 aromatic carbocycles. The van der Waals surface area contributed by atoms with E-state index in [1.54, 1.807) is 0 Å². The minimum Gasteiger partial charge on any atom is -0.354 e. The molecule has 2 heterocycles. The fourth-order valence-corrected chi connectivity index (χ4v) is 3.34. The van der Waals surface area contributed by atoms with Crippen LogP contribution in [0.2, 0.25) is 0 Å². The average Bonchev–Trinajstić information content (AvgIpc) is 2.86. The van der Waals surface area contributed by atoms with Gasteiger partial charge in [-0.3, -0.25) is 0 Å². The summed E-state index contributed by atoms with van der Waals surface area (Å²) in [4.78, 5) is 14.3. The van der Waals surface area contributed by atoms with Crippen molar-refractivity contribution in [2.24, 2.45) is 0 Å². The first kappa shape index (κ1) is 12.8. The van der Waals surface area contributed by atoms with Crippen molar-refractivity contribution >= 4 is 5.82 Å². The smallest absolute Gasteiger partial charge is 0.136 e. The molecule has 1 saturated heterocycles. The lowest BCUT2D eigenvalue weighted by molar-refractivity contribution is 0.312. The van der Waals surface area contributed by atoms with Crippen LogP contribution in [0.1, 0.15) is 17.0 Å². The second-order valence-electron chi connectivity index (χ2n) is 6.05. The van der Waals surface area contributed by atoms with Crippen molar-refractivity contribution in [3.05, 3.63) is 41.2 Å². The highest BCUT2D eigenvalue weighted by Gasteiger charge is 2.27. The van der Waals surface area contributed by atoms with Gasteiger partial charge in [0.15, 0.2) is 0 Å². The number of hydrogen-bond donors (Lipinski definition) is 0. The summed E-state index contributed by atoms with van der Waals surface area (Å²) in [6.07, 6.45) is 0.966. The van der Waals surface area contributed by atoms with E-state index in [4.69, 9.17) is 9.97 Å². The van der Waals surface area contributed by atoms with Gasteiger partial charge in [-0.25, -0.2) is 9.97 Å². The third kappa shape index (κ3) is 2.10. The second kappa shape index (κ2) is 4.81. The Labute approximate surface area is 125 Å². The van der Waals surface area contributed by atoms with E-state index >= 15 is 0 Å². The Kier molecular flexibility index (Phi) is 2.93. The van der Waals surface area contributed by atoms with Crippen LogP contribution >= 0.6 is 0 Å². The maximum absolute atomic E-state index is 4.77. The van der Waals surface area contributed by atoms with Crippen molar-refractivity contribution in [3.8, 4) is 11.3 Å². The third-order valence-electron chi connectivity index (χ3n) is 4.54. The molecule has 1 aliphatic heterocycles. The number of anilines is 1. The number of likely N-dealkylation sites (N-methyl/N-ethyl adjacent to an activating group) is 1. The van der Waals surface area contributed by atoms with Gasteiger partial charge in [-0.15, -0.1) is 0 Å². The van der Waals surface area contributed by atoms with Gasteiger partial charge in [-0.2, -0.15) is 0 Å². The minimum atomic E-state index is 0.874. The van der Waals surface area contributed by atoms with Crippen LogP contribution in [0.15, 0.2) is 24.3 Å². The molecule has 0 N–H and O–H groups in total. The molecule has 4 heteroatoms. The van der Waals surface area contributed by atoms with E-state index in [0.29, 0.717) is 0 Å². The van der Waals surface area contributed by atoms with E-state index in [9.17, 15) is 0 Å². The molecular weight excluding hydrogens is 260 g/mol. The highest BCUT2D eigenvalue weighted by Crippen LogP contribution is 2.39. The number of aromatic nitrogens is 2. The number of fused-ring (bicyclic) bond motifs is 3. The molecule has 1 fully saturated rings. The van der Waals surface area contributed by atoms with Gasteiger partial charge in [-0.1, -0.05) is 24.3 Å². The summed E-state index contributed by atoms with van der Waals surface area (Å²) in [5, 5.41) is 0. The highest BCUT2D eigenvalue weighted by atomic mass is 15.3. The maximum atomic E-state index is 4.77. The summed E-state index contributed by atoms with van der Waals surface area (Å²) in [7, 11) is 2.18. The predicted molar refractivity (Wildman–Crippen MR) is 84.7 cm³/mol. The molecule has 0 saturated carbocycles. The molecule has 0 spiro atoms. The van der Waals surface area contributed by atoms with E-state index in [2.05, 4.69) is 41.1 Å². The zero-order valence-corrected chi connectivity index (χ0v) is 12.6. The number of piperazine rings is 1. The zero-order valence-electron chi connectivity index (χ0n) is 12.6. The first-order valence-electron chi connectivity index (χ1n) is 7.61. The molecule has 108 valence electrons. The summed E-state index contributed by atoms with van der Waals surface area (Å²) in [6.45, 7) is 6.31. The molecule has 0 unspecified atom stereocenters. The Morgan fingerprint density at radius 2 is 1.76 bits per heavy atom. The second-order valence-corrected chi connectivity index (χ2v) is 6.05. The maximum Gasteiger partial charge on any atom is 0.136 e. The van der Waals surface area contributed by atoms with E-state index in [1.807, 2.05) is 6.92 Å². The van der Waals surface area contributed by atoms with Crippen molar-refractivity contribution in [2.75, 3.05) is 38.1 Å². The lowest BCUT2D eigenvalue weighted by Crippen LogP contribution is -2.45. The Bertz CT molecular complexity index is 687. The number of aryl methyl sites for hydroxylation is 1. The van der Waals surface area contributed by atoms with Gasteiger partial charge >= 0.3 is 0 Å². The zero-order chi connectivity index (χ0) is 14.4. The van der Waals surface area contributed by atoms with E-state index in [-0.39, 0.29) is 0 Å². The summed E-state index contributed by atoms with van der Waals surface area (Å²) in [6, 6.07) is 8.60. The van der Waals surface area contributed by atoms with Crippen LogP contribution in [-0.4, -0.2) is 48.1 Å².